The van der Waals surface area contributed by atoms with Gasteiger partial charge in [-0.3, -0.25) is 0 Å². The van der Waals surface area contributed by atoms with Crippen LogP contribution in [0.1, 0.15) is 31.4 Å². The standard InChI is InChI=1S/C16H28N2/c1-5-18(4)13-15(3)17-12-6-7-16-10-8-14(2)9-11-16/h8-11,15,17H,5-7,12-13H2,1-4H3. The normalized spacial score (nSPS) is 12.9. The molecule has 0 saturated carbocycles. The summed E-state index contributed by atoms with van der Waals surface area (Å²) >= 11 is 0. The highest BCUT2D eigenvalue weighted by atomic mass is 15.1. The van der Waals surface area contributed by atoms with Gasteiger partial charge in [-0.2, -0.15) is 0 Å². The van der Waals surface area contributed by atoms with Crippen molar-refractivity contribution < 1.29 is 0 Å². The van der Waals surface area contributed by atoms with E-state index in [0.717, 1.165) is 19.6 Å². The molecular weight excluding hydrogens is 220 g/mol. The maximum atomic E-state index is 3.59. The Hall–Kier alpha value is -0.860. The lowest BCUT2D eigenvalue weighted by molar-refractivity contribution is 0.310. The average molecular weight is 248 g/mol. The number of rotatable bonds is 8. The van der Waals surface area contributed by atoms with Crippen molar-refractivity contribution in [1.29, 1.82) is 0 Å². The first-order valence-electron chi connectivity index (χ1n) is 7.09. The van der Waals surface area contributed by atoms with Crippen molar-refractivity contribution >= 4 is 0 Å². The van der Waals surface area contributed by atoms with Gasteiger partial charge in [-0.15, -0.1) is 0 Å². The molecule has 1 rings (SSSR count). The van der Waals surface area contributed by atoms with Crippen LogP contribution in [0.25, 0.3) is 0 Å². The predicted octanol–water partition coefficient (Wildman–Crippen LogP) is 2.86. The Bertz CT molecular complexity index is 318. The van der Waals surface area contributed by atoms with Crippen molar-refractivity contribution in [3.05, 3.63) is 35.4 Å². The largest absolute Gasteiger partial charge is 0.313 e. The molecule has 0 radical (unpaired) electrons. The number of benzene rings is 1. The lowest BCUT2D eigenvalue weighted by Crippen LogP contribution is -2.37. The molecule has 0 aliphatic carbocycles. The first-order chi connectivity index (χ1) is 8.61. The van der Waals surface area contributed by atoms with Gasteiger partial charge in [-0.05, 0) is 52.4 Å². The lowest BCUT2D eigenvalue weighted by atomic mass is 10.1. The zero-order chi connectivity index (χ0) is 13.4. The zero-order valence-electron chi connectivity index (χ0n) is 12.4. The van der Waals surface area contributed by atoms with E-state index in [4.69, 9.17) is 0 Å². The van der Waals surface area contributed by atoms with E-state index in [1.54, 1.807) is 0 Å². The van der Waals surface area contributed by atoms with Crippen LogP contribution in [0.3, 0.4) is 0 Å². The Balaban J connectivity index is 2.13. The molecule has 0 spiro atoms. The molecule has 102 valence electrons. The summed E-state index contributed by atoms with van der Waals surface area (Å²) in [6, 6.07) is 9.45. The van der Waals surface area contributed by atoms with E-state index in [2.05, 4.69) is 62.3 Å². The van der Waals surface area contributed by atoms with Gasteiger partial charge >= 0.3 is 0 Å². The summed E-state index contributed by atoms with van der Waals surface area (Å²) in [6.07, 6.45) is 2.38. The van der Waals surface area contributed by atoms with Gasteiger partial charge < -0.3 is 10.2 Å². The van der Waals surface area contributed by atoms with Gasteiger partial charge in [0, 0.05) is 12.6 Å². The maximum Gasteiger partial charge on any atom is 0.0166 e. The van der Waals surface area contributed by atoms with Crippen LogP contribution in [-0.2, 0) is 6.42 Å². The van der Waals surface area contributed by atoms with Crippen LogP contribution in [0, 0.1) is 6.92 Å². The van der Waals surface area contributed by atoms with E-state index in [-0.39, 0.29) is 0 Å². The highest BCUT2D eigenvalue weighted by Gasteiger charge is 2.03. The van der Waals surface area contributed by atoms with E-state index >= 15 is 0 Å². The molecule has 1 unspecified atom stereocenters. The molecule has 1 aromatic carbocycles. The number of hydrogen-bond acceptors (Lipinski definition) is 2. The van der Waals surface area contributed by atoms with Crippen molar-refractivity contribution in [2.24, 2.45) is 0 Å². The predicted molar refractivity (Wildman–Crippen MR) is 80.1 cm³/mol. The number of likely N-dealkylation sites (N-methyl/N-ethyl adjacent to an activating group) is 1. The molecule has 0 fully saturated rings. The summed E-state index contributed by atoms with van der Waals surface area (Å²) < 4.78 is 0. The topological polar surface area (TPSA) is 15.3 Å². The van der Waals surface area contributed by atoms with Crippen molar-refractivity contribution in [3.63, 3.8) is 0 Å². The van der Waals surface area contributed by atoms with Crippen LogP contribution in [0.2, 0.25) is 0 Å². The Morgan fingerprint density at radius 2 is 1.89 bits per heavy atom. The molecule has 0 aliphatic heterocycles. The second-order valence-corrected chi connectivity index (χ2v) is 5.30. The molecule has 0 heterocycles. The minimum Gasteiger partial charge on any atom is -0.313 e. The molecule has 18 heavy (non-hydrogen) atoms. The van der Waals surface area contributed by atoms with Crippen LogP contribution < -0.4 is 5.32 Å². The molecule has 2 nitrogen and oxygen atoms in total. The van der Waals surface area contributed by atoms with E-state index in [0.29, 0.717) is 6.04 Å². The summed E-state index contributed by atoms with van der Waals surface area (Å²) in [4.78, 5) is 2.34. The molecule has 1 N–H and O–H groups in total. The van der Waals surface area contributed by atoms with Crippen molar-refractivity contribution in [2.75, 3.05) is 26.7 Å². The smallest absolute Gasteiger partial charge is 0.0166 e. The highest BCUT2D eigenvalue weighted by molar-refractivity contribution is 5.21. The number of hydrogen-bond donors (Lipinski definition) is 1. The summed E-state index contributed by atoms with van der Waals surface area (Å²) in [5.41, 5.74) is 2.79. The van der Waals surface area contributed by atoms with Gasteiger partial charge in [-0.25, -0.2) is 0 Å². The fourth-order valence-electron chi connectivity index (χ4n) is 2.06. The van der Waals surface area contributed by atoms with Gasteiger partial charge in [0.15, 0.2) is 0 Å². The third-order valence-corrected chi connectivity index (χ3v) is 3.38. The molecule has 0 amide bonds. The highest BCUT2D eigenvalue weighted by Crippen LogP contribution is 2.05. The minimum absolute atomic E-state index is 0.577. The Morgan fingerprint density at radius 3 is 2.50 bits per heavy atom. The number of nitrogens with zero attached hydrogens (tertiary/aromatic N) is 1. The second-order valence-electron chi connectivity index (χ2n) is 5.30. The maximum absolute atomic E-state index is 3.59. The SMILES string of the molecule is CCN(C)CC(C)NCCCc1ccc(C)cc1. The monoisotopic (exact) mass is 248 g/mol. The van der Waals surface area contributed by atoms with Gasteiger partial charge in [0.1, 0.15) is 0 Å². The minimum atomic E-state index is 0.577. The van der Waals surface area contributed by atoms with Crippen LogP contribution >= 0.6 is 0 Å². The molecule has 1 aromatic rings. The van der Waals surface area contributed by atoms with E-state index in [1.807, 2.05) is 0 Å². The lowest BCUT2D eigenvalue weighted by Gasteiger charge is -2.20. The van der Waals surface area contributed by atoms with E-state index in [9.17, 15) is 0 Å². The molecule has 1 atom stereocenters. The quantitative estimate of drug-likeness (QED) is 0.712. The molecule has 0 saturated heterocycles. The van der Waals surface area contributed by atoms with Crippen LogP contribution in [-0.4, -0.2) is 37.6 Å². The van der Waals surface area contributed by atoms with E-state index < -0.39 is 0 Å². The molecular formula is C16H28N2. The summed E-state index contributed by atoms with van der Waals surface area (Å²) in [5.74, 6) is 0. The third-order valence-electron chi connectivity index (χ3n) is 3.38. The van der Waals surface area contributed by atoms with Gasteiger partial charge in [0.05, 0.1) is 0 Å². The average Bonchev–Trinajstić information content (AvgIpc) is 2.36. The van der Waals surface area contributed by atoms with Crippen LogP contribution in [0.15, 0.2) is 24.3 Å². The van der Waals surface area contributed by atoms with Gasteiger partial charge in [0.25, 0.3) is 0 Å². The Kier molecular flexibility index (Phi) is 6.99. The first-order valence-corrected chi connectivity index (χ1v) is 7.09. The van der Waals surface area contributed by atoms with Crippen molar-refractivity contribution in [1.82, 2.24) is 10.2 Å². The molecule has 2 heteroatoms. The molecule has 0 aliphatic rings. The number of nitrogens with one attached hydrogen (secondary N) is 1. The third kappa shape index (κ3) is 6.18. The first kappa shape index (κ1) is 15.2. The summed E-state index contributed by atoms with van der Waals surface area (Å²) in [7, 11) is 2.17. The van der Waals surface area contributed by atoms with Crippen LogP contribution in [0.5, 0.6) is 0 Å². The van der Waals surface area contributed by atoms with Gasteiger partial charge in [-0.1, -0.05) is 36.8 Å². The number of aryl methyl sites for hydroxylation is 2. The molecule has 0 aromatic heterocycles. The van der Waals surface area contributed by atoms with Gasteiger partial charge in [0.2, 0.25) is 0 Å². The fourth-order valence-corrected chi connectivity index (χ4v) is 2.06. The summed E-state index contributed by atoms with van der Waals surface area (Å²) in [5, 5.41) is 3.59. The zero-order valence-corrected chi connectivity index (χ0v) is 12.4. The Morgan fingerprint density at radius 1 is 1.22 bits per heavy atom. The molecule has 0 bridgehead atoms. The summed E-state index contributed by atoms with van der Waals surface area (Å²) in [6.45, 7) is 9.95. The van der Waals surface area contributed by atoms with Crippen LogP contribution in [0.4, 0.5) is 0 Å². The van der Waals surface area contributed by atoms with Crippen molar-refractivity contribution in [3.8, 4) is 0 Å². The second kappa shape index (κ2) is 8.28. The Labute approximate surface area is 112 Å². The fraction of sp³-hybridized carbons (Fsp3) is 0.625. The van der Waals surface area contributed by atoms with E-state index in [1.165, 1.54) is 24.0 Å². The van der Waals surface area contributed by atoms with Crippen molar-refractivity contribution in [2.45, 2.75) is 39.7 Å².